The van der Waals surface area contributed by atoms with Gasteiger partial charge < -0.3 is 15.4 Å². The van der Waals surface area contributed by atoms with Gasteiger partial charge in [0.25, 0.3) is 5.91 Å². The Hall–Kier alpha value is -1.26. The Morgan fingerprint density at radius 1 is 1.44 bits per heavy atom. The van der Waals surface area contributed by atoms with Crippen molar-refractivity contribution < 1.29 is 9.53 Å². The van der Waals surface area contributed by atoms with Gasteiger partial charge in [0.2, 0.25) is 0 Å². The third kappa shape index (κ3) is 2.76. The van der Waals surface area contributed by atoms with Gasteiger partial charge in [0.15, 0.2) is 0 Å². The summed E-state index contributed by atoms with van der Waals surface area (Å²) >= 11 is 5.91. The fourth-order valence-electron chi connectivity index (χ4n) is 2.14. The summed E-state index contributed by atoms with van der Waals surface area (Å²) < 4.78 is 5.29. The number of carbonyl (C=O) groups excluding carboxylic acids is 1. The molecule has 0 radical (unpaired) electrons. The van der Waals surface area contributed by atoms with Gasteiger partial charge in [-0.15, -0.1) is 0 Å². The maximum absolute atomic E-state index is 12.4. The van der Waals surface area contributed by atoms with Crippen LogP contribution in [-0.2, 0) is 4.74 Å². The predicted molar refractivity (Wildman–Crippen MR) is 71.8 cm³/mol. The van der Waals surface area contributed by atoms with E-state index < -0.39 is 0 Å². The Kier molecular flexibility index (Phi) is 4.09. The van der Waals surface area contributed by atoms with Crippen LogP contribution in [0.4, 0.5) is 5.69 Å². The molecule has 18 heavy (non-hydrogen) atoms. The Balaban J connectivity index is 2.16. The van der Waals surface area contributed by atoms with E-state index in [0.717, 1.165) is 12.8 Å². The summed E-state index contributed by atoms with van der Waals surface area (Å²) in [6.45, 7) is 1.40. The van der Waals surface area contributed by atoms with E-state index in [1.54, 1.807) is 30.1 Å². The van der Waals surface area contributed by atoms with Crippen molar-refractivity contribution in [2.75, 3.05) is 26.0 Å². The van der Waals surface area contributed by atoms with Crippen molar-refractivity contribution in [3.8, 4) is 0 Å². The number of ether oxygens (including phenoxy) is 1. The molecule has 98 valence electrons. The summed E-state index contributed by atoms with van der Waals surface area (Å²) in [7, 11) is 1.80. The summed E-state index contributed by atoms with van der Waals surface area (Å²) in [5, 5.41) is 0.521. The molecule has 0 aromatic heterocycles. The maximum atomic E-state index is 12.4. The molecular weight excluding hydrogens is 252 g/mol. The summed E-state index contributed by atoms with van der Waals surface area (Å²) in [6, 6.07) is 5.18. The minimum absolute atomic E-state index is 0.0816. The van der Waals surface area contributed by atoms with Crippen molar-refractivity contribution in [3.63, 3.8) is 0 Å². The number of amides is 1. The van der Waals surface area contributed by atoms with Crippen molar-refractivity contribution in [1.82, 2.24) is 4.90 Å². The van der Waals surface area contributed by atoms with Crippen LogP contribution in [0.3, 0.4) is 0 Å². The van der Waals surface area contributed by atoms with E-state index in [0.29, 0.717) is 29.5 Å². The van der Waals surface area contributed by atoms with E-state index >= 15 is 0 Å². The van der Waals surface area contributed by atoms with Gasteiger partial charge in [-0.3, -0.25) is 4.79 Å². The highest BCUT2D eigenvalue weighted by Gasteiger charge is 2.24. The van der Waals surface area contributed by atoms with Crippen LogP contribution >= 0.6 is 11.6 Å². The summed E-state index contributed by atoms with van der Waals surface area (Å²) in [5.41, 5.74) is 6.76. The highest BCUT2D eigenvalue weighted by atomic mass is 35.5. The van der Waals surface area contributed by atoms with Crippen LogP contribution in [0.2, 0.25) is 5.02 Å². The Labute approximate surface area is 112 Å². The average molecular weight is 269 g/mol. The molecule has 0 atom stereocenters. The first-order chi connectivity index (χ1) is 8.59. The van der Waals surface area contributed by atoms with E-state index in [9.17, 15) is 4.79 Å². The topological polar surface area (TPSA) is 55.6 Å². The number of hydrogen-bond acceptors (Lipinski definition) is 3. The number of hydrogen-bond donors (Lipinski definition) is 1. The molecule has 4 nitrogen and oxygen atoms in total. The SMILES string of the molecule is CN(C(=O)c1cc(Cl)ccc1N)C1CCOCC1. The van der Waals surface area contributed by atoms with Crippen LogP contribution in [0, 0.1) is 0 Å². The fraction of sp³-hybridized carbons (Fsp3) is 0.462. The zero-order valence-electron chi connectivity index (χ0n) is 10.4. The lowest BCUT2D eigenvalue weighted by atomic mass is 10.1. The van der Waals surface area contributed by atoms with Gasteiger partial charge in [-0.25, -0.2) is 0 Å². The Morgan fingerprint density at radius 3 is 2.78 bits per heavy atom. The first kappa shape index (κ1) is 13.2. The van der Waals surface area contributed by atoms with Gasteiger partial charge in [0, 0.05) is 37.0 Å². The number of benzene rings is 1. The van der Waals surface area contributed by atoms with Crippen LogP contribution in [0.5, 0.6) is 0 Å². The largest absolute Gasteiger partial charge is 0.398 e. The van der Waals surface area contributed by atoms with Crippen LogP contribution in [0.25, 0.3) is 0 Å². The molecule has 0 spiro atoms. The summed E-state index contributed by atoms with van der Waals surface area (Å²) in [5.74, 6) is -0.0816. The Bertz CT molecular complexity index is 445. The lowest BCUT2D eigenvalue weighted by molar-refractivity contribution is 0.0362. The van der Waals surface area contributed by atoms with Gasteiger partial charge in [-0.1, -0.05) is 11.6 Å². The number of anilines is 1. The third-order valence-corrected chi connectivity index (χ3v) is 3.54. The fourth-order valence-corrected chi connectivity index (χ4v) is 2.31. The van der Waals surface area contributed by atoms with Crippen molar-refractivity contribution in [3.05, 3.63) is 28.8 Å². The molecule has 1 heterocycles. The molecule has 5 heteroatoms. The zero-order valence-corrected chi connectivity index (χ0v) is 11.1. The molecule has 1 aliphatic rings. The smallest absolute Gasteiger partial charge is 0.255 e. The number of nitrogen functional groups attached to an aromatic ring is 1. The van der Waals surface area contributed by atoms with Crippen LogP contribution in [-0.4, -0.2) is 37.1 Å². The van der Waals surface area contributed by atoms with Crippen molar-refractivity contribution in [1.29, 1.82) is 0 Å². The van der Waals surface area contributed by atoms with Gasteiger partial charge in [0.05, 0.1) is 5.56 Å². The first-order valence-corrected chi connectivity index (χ1v) is 6.37. The van der Waals surface area contributed by atoms with Crippen LogP contribution < -0.4 is 5.73 Å². The van der Waals surface area contributed by atoms with E-state index in [1.807, 2.05) is 0 Å². The average Bonchev–Trinajstić information content (AvgIpc) is 2.41. The third-order valence-electron chi connectivity index (χ3n) is 3.30. The van der Waals surface area contributed by atoms with Crippen molar-refractivity contribution in [2.24, 2.45) is 0 Å². The predicted octanol–water partition coefficient (Wildman–Crippen LogP) is 2.17. The number of nitrogens with two attached hydrogens (primary N) is 1. The highest BCUT2D eigenvalue weighted by Crippen LogP contribution is 2.22. The molecule has 1 aliphatic heterocycles. The molecule has 0 saturated carbocycles. The molecule has 1 saturated heterocycles. The van der Waals surface area contributed by atoms with E-state index in [2.05, 4.69) is 0 Å². The first-order valence-electron chi connectivity index (χ1n) is 5.99. The monoisotopic (exact) mass is 268 g/mol. The minimum Gasteiger partial charge on any atom is -0.398 e. The highest BCUT2D eigenvalue weighted by molar-refractivity contribution is 6.31. The van der Waals surface area contributed by atoms with E-state index in [4.69, 9.17) is 22.1 Å². The summed E-state index contributed by atoms with van der Waals surface area (Å²) in [6.07, 6.45) is 1.73. The van der Waals surface area contributed by atoms with Gasteiger partial charge >= 0.3 is 0 Å². The second-order valence-electron chi connectivity index (χ2n) is 4.49. The Morgan fingerprint density at radius 2 is 2.11 bits per heavy atom. The maximum Gasteiger partial charge on any atom is 0.255 e. The number of halogens is 1. The second-order valence-corrected chi connectivity index (χ2v) is 4.93. The molecule has 1 amide bonds. The zero-order chi connectivity index (χ0) is 13.1. The quantitative estimate of drug-likeness (QED) is 0.837. The van der Waals surface area contributed by atoms with Gasteiger partial charge in [-0.05, 0) is 31.0 Å². The normalized spacial score (nSPS) is 16.6. The van der Waals surface area contributed by atoms with Crippen molar-refractivity contribution in [2.45, 2.75) is 18.9 Å². The molecule has 0 aliphatic carbocycles. The van der Waals surface area contributed by atoms with E-state index in [-0.39, 0.29) is 11.9 Å². The molecular formula is C13H17ClN2O2. The molecule has 0 unspecified atom stereocenters. The molecule has 0 bridgehead atoms. The number of carbonyl (C=O) groups is 1. The number of nitrogens with zero attached hydrogens (tertiary/aromatic N) is 1. The second kappa shape index (κ2) is 5.59. The molecule has 1 aromatic carbocycles. The van der Waals surface area contributed by atoms with Gasteiger partial charge in [-0.2, -0.15) is 0 Å². The molecule has 1 aromatic rings. The lowest BCUT2D eigenvalue weighted by Crippen LogP contribution is -2.40. The van der Waals surface area contributed by atoms with E-state index in [1.165, 1.54) is 0 Å². The molecule has 2 rings (SSSR count). The standard InChI is InChI=1S/C13H17ClN2O2/c1-16(10-4-6-18-7-5-10)13(17)11-8-9(14)2-3-12(11)15/h2-3,8,10H,4-7,15H2,1H3. The van der Waals surface area contributed by atoms with Crippen molar-refractivity contribution >= 4 is 23.2 Å². The van der Waals surface area contributed by atoms with Gasteiger partial charge in [0.1, 0.15) is 0 Å². The van der Waals surface area contributed by atoms with Crippen LogP contribution in [0.15, 0.2) is 18.2 Å². The number of rotatable bonds is 2. The summed E-state index contributed by atoms with van der Waals surface area (Å²) in [4.78, 5) is 14.1. The minimum atomic E-state index is -0.0816. The van der Waals surface area contributed by atoms with Crippen LogP contribution in [0.1, 0.15) is 23.2 Å². The lowest BCUT2D eigenvalue weighted by Gasteiger charge is -2.31. The molecule has 2 N–H and O–H groups in total. The molecule has 1 fully saturated rings.